The van der Waals surface area contributed by atoms with E-state index in [1.807, 2.05) is 0 Å². The number of hydrogen-bond acceptors (Lipinski definition) is 4. The molecular formula is C11H15F3O4. The predicted octanol–water partition coefficient (Wildman–Crippen LogP) is 2.07. The highest BCUT2D eigenvalue weighted by molar-refractivity contribution is 5.79. The molecule has 0 saturated carbocycles. The summed E-state index contributed by atoms with van der Waals surface area (Å²) in [6.07, 6.45) is -5.94. The molecule has 1 aliphatic heterocycles. The topological polar surface area (TPSA) is 52.6 Å². The lowest BCUT2D eigenvalue weighted by atomic mass is 9.90. The van der Waals surface area contributed by atoms with Crippen LogP contribution < -0.4 is 0 Å². The second kappa shape index (κ2) is 4.78. The largest absolute Gasteiger partial charge is 0.461 e. The Morgan fingerprint density at radius 3 is 2.44 bits per heavy atom. The average Bonchev–Trinajstić information content (AvgIpc) is 2.59. The number of halogens is 3. The van der Waals surface area contributed by atoms with Gasteiger partial charge in [0.1, 0.15) is 6.61 Å². The SMILES string of the molecule is CCC(C)(C)C(=O)OC1COC(=O)C1C(F)(F)F. The highest BCUT2D eigenvalue weighted by Gasteiger charge is 2.57. The Labute approximate surface area is 102 Å². The molecule has 0 aromatic rings. The molecule has 2 unspecified atom stereocenters. The van der Waals surface area contributed by atoms with E-state index in [1.165, 1.54) is 0 Å². The van der Waals surface area contributed by atoms with Crippen LogP contribution in [-0.4, -0.2) is 30.8 Å². The number of hydrogen-bond donors (Lipinski definition) is 0. The summed E-state index contributed by atoms with van der Waals surface area (Å²) < 4.78 is 46.9. The lowest BCUT2D eigenvalue weighted by Gasteiger charge is -2.25. The Morgan fingerprint density at radius 2 is 2.00 bits per heavy atom. The zero-order valence-corrected chi connectivity index (χ0v) is 10.3. The highest BCUT2D eigenvalue weighted by Crippen LogP contribution is 2.36. The summed E-state index contributed by atoms with van der Waals surface area (Å²) in [7, 11) is 0. The van der Waals surface area contributed by atoms with E-state index >= 15 is 0 Å². The molecule has 0 amide bonds. The summed E-state index contributed by atoms with van der Waals surface area (Å²) in [4.78, 5) is 22.7. The van der Waals surface area contributed by atoms with Gasteiger partial charge < -0.3 is 9.47 Å². The van der Waals surface area contributed by atoms with Crippen LogP contribution in [0.1, 0.15) is 27.2 Å². The van der Waals surface area contributed by atoms with Crippen molar-refractivity contribution >= 4 is 11.9 Å². The first-order valence-corrected chi connectivity index (χ1v) is 5.54. The van der Waals surface area contributed by atoms with Crippen LogP contribution in [0.5, 0.6) is 0 Å². The molecule has 1 heterocycles. The number of rotatable bonds is 3. The van der Waals surface area contributed by atoms with Gasteiger partial charge >= 0.3 is 18.1 Å². The van der Waals surface area contributed by atoms with Gasteiger partial charge in [0, 0.05) is 0 Å². The molecule has 0 aliphatic carbocycles. The maximum absolute atomic E-state index is 12.6. The Bertz CT molecular complexity index is 349. The third-order valence-corrected chi connectivity index (χ3v) is 3.06. The van der Waals surface area contributed by atoms with Crippen molar-refractivity contribution in [2.45, 2.75) is 39.5 Å². The van der Waals surface area contributed by atoms with Gasteiger partial charge in [-0.05, 0) is 20.3 Å². The third kappa shape index (κ3) is 2.94. The van der Waals surface area contributed by atoms with E-state index in [9.17, 15) is 22.8 Å². The van der Waals surface area contributed by atoms with Crippen molar-refractivity contribution in [2.24, 2.45) is 11.3 Å². The second-order valence-corrected chi connectivity index (χ2v) is 4.83. The molecule has 1 rings (SSSR count). The van der Waals surface area contributed by atoms with Crippen molar-refractivity contribution in [2.75, 3.05) is 6.61 Å². The van der Waals surface area contributed by atoms with E-state index in [1.54, 1.807) is 20.8 Å². The van der Waals surface area contributed by atoms with Crippen LogP contribution >= 0.6 is 0 Å². The van der Waals surface area contributed by atoms with Crippen molar-refractivity contribution in [3.05, 3.63) is 0 Å². The van der Waals surface area contributed by atoms with Gasteiger partial charge in [-0.15, -0.1) is 0 Å². The number of cyclic esters (lactones) is 1. The van der Waals surface area contributed by atoms with Crippen molar-refractivity contribution in [1.82, 2.24) is 0 Å². The summed E-state index contributed by atoms with van der Waals surface area (Å²) in [5.41, 5.74) is -0.887. The first-order valence-electron chi connectivity index (χ1n) is 5.54. The molecule has 0 N–H and O–H groups in total. The molecule has 104 valence electrons. The summed E-state index contributed by atoms with van der Waals surface area (Å²) in [6, 6.07) is 0. The van der Waals surface area contributed by atoms with Crippen LogP contribution in [0.2, 0.25) is 0 Å². The minimum absolute atomic E-state index is 0.421. The van der Waals surface area contributed by atoms with Gasteiger partial charge in [0.05, 0.1) is 5.41 Å². The minimum Gasteiger partial charge on any atom is -0.461 e. The van der Waals surface area contributed by atoms with Crippen LogP contribution in [0, 0.1) is 11.3 Å². The van der Waals surface area contributed by atoms with Gasteiger partial charge in [-0.25, -0.2) is 0 Å². The van der Waals surface area contributed by atoms with Crippen LogP contribution in [0.3, 0.4) is 0 Å². The summed E-state index contributed by atoms with van der Waals surface area (Å²) >= 11 is 0. The van der Waals surface area contributed by atoms with Crippen LogP contribution in [0.15, 0.2) is 0 Å². The van der Waals surface area contributed by atoms with E-state index in [2.05, 4.69) is 4.74 Å². The molecule has 0 aromatic carbocycles. The standard InChI is InChI=1S/C11H15F3O4/c1-4-10(2,3)9(16)18-6-5-17-8(15)7(6)11(12,13)14/h6-7H,4-5H2,1-3H3. The van der Waals surface area contributed by atoms with Crippen molar-refractivity contribution in [3.8, 4) is 0 Å². The monoisotopic (exact) mass is 268 g/mol. The molecule has 18 heavy (non-hydrogen) atoms. The smallest absolute Gasteiger partial charge is 0.405 e. The molecule has 1 fully saturated rings. The third-order valence-electron chi connectivity index (χ3n) is 3.06. The Balaban J connectivity index is 2.79. The molecule has 2 atom stereocenters. The molecule has 0 bridgehead atoms. The Hall–Kier alpha value is -1.27. The molecule has 0 aromatic heterocycles. The number of ether oxygens (including phenoxy) is 2. The minimum atomic E-state index is -4.77. The van der Waals surface area contributed by atoms with E-state index in [0.717, 1.165) is 0 Å². The van der Waals surface area contributed by atoms with Crippen molar-refractivity contribution in [1.29, 1.82) is 0 Å². The molecule has 4 nitrogen and oxygen atoms in total. The molecule has 0 spiro atoms. The fourth-order valence-corrected chi connectivity index (χ4v) is 1.39. The van der Waals surface area contributed by atoms with Gasteiger partial charge in [0.15, 0.2) is 12.0 Å². The zero-order chi connectivity index (χ0) is 14.1. The molecule has 0 radical (unpaired) electrons. The summed E-state index contributed by atoms with van der Waals surface area (Å²) in [5.74, 6) is -4.54. The maximum atomic E-state index is 12.6. The summed E-state index contributed by atoms with van der Waals surface area (Å²) in [6.45, 7) is 4.30. The van der Waals surface area contributed by atoms with E-state index in [0.29, 0.717) is 6.42 Å². The molecule has 1 saturated heterocycles. The normalized spacial score (nSPS) is 24.9. The Morgan fingerprint density at radius 1 is 1.44 bits per heavy atom. The van der Waals surface area contributed by atoms with E-state index < -0.39 is 42.2 Å². The lowest BCUT2D eigenvalue weighted by Crippen LogP contribution is -2.40. The van der Waals surface area contributed by atoms with Crippen LogP contribution in [-0.2, 0) is 19.1 Å². The quantitative estimate of drug-likeness (QED) is 0.735. The zero-order valence-electron chi connectivity index (χ0n) is 10.3. The fraction of sp³-hybridized carbons (Fsp3) is 0.818. The number of esters is 2. The fourth-order valence-electron chi connectivity index (χ4n) is 1.39. The maximum Gasteiger partial charge on any atom is 0.405 e. The van der Waals surface area contributed by atoms with Gasteiger partial charge in [-0.2, -0.15) is 13.2 Å². The van der Waals surface area contributed by atoms with Crippen molar-refractivity contribution < 1.29 is 32.2 Å². The van der Waals surface area contributed by atoms with E-state index in [4.69, 9.17) is 4.74 Å². The van der Waals surface area contributed by atoms with Gasteiger partial charge in [-0.1, -0.05) is 6.92 Å². The van der Waals surface area contributed by atoms with Gasteiger partial charge in [0.2, 0.25) is 0 Å². The van der Waals surface area contributed by atoms with Crippen LogP contribution in [0.4, 0.5) is 13.2 Å². The average molecular weight is 268 g/mol. The van der Waals surface area contributed by atoms with Crippen molar-refractivity contribution in [3.63, 3.8) is 0 Å². The first-order chi connectivity index (χ1) is 8.09. The number of carbonyl (C=O) groups excluding carboxylic acids is 2. The highest BCUT2D eigenvalue weighted by atomic mass is 19.4. The number of alkyl halides is 3. The van der Waals surface area contributed by atoms with Gasteiger partial charge in [-0.3, -0.25) is 9.59 Å². The van der Waals surface area contributed by atoms with E-state index in [-0.39, 0.29) is 0 Å². The number of carbonyl (C=O) groups is 2. The van der Waals surface area contributed by atoms with Crippen LogP contribution in [0.25, 0.3) is 0 Å². The Kier molecular flexibility index (Phi) is 3.92. The lowest BCUT2D eigenvalue weighted by molar-refractivity contribution is -0.203. The molecular weight excluding hydrogens is 253 g/mol. The summed E-state index contributed by atoms with van der Waals surface area (Å²) in [5, 5.41) is 0. The second-order valence-electron chi connectivity index (χ2n) is 4.83. The molecule has 1 aliphatic rings. The molecule has 7 heteroatoms. The first kappa shape index (κ1) is 14.8. The van der Waals surface area contributed by atoms with Gasteiger partial charge in [0.25, 0.3) is 0 Å². The predicted molar refractivity (Wildman–Crippen MR) is 54.5 cm³/mol.